The zero-order valence-corrected chi connectivity index (χ0v) is 10.6. The topological polar surface area (TPSA) is 33.1 Å². The summed E-state index contributed by atoms with van der Waals surface area (Å²) in [5, 5.41) is 10.0. The summed E-state index contributed by atoms with van der Waals surface area (Å²) >= 11 is 3.24. The Labute approximate surface area is 107 Å². The Kier molecular flexibility index (Phi) is 3.86. The maximum absolute atomic E-state index is 13.6. The highest BCUT2D eigenvalue weighted by molar-refractivity contribution is 9.10. The molecule has 88 valence electrons. The second-order valence-corrected chi connectivity index (χ2v) is 4.53. The largest absolute Gasteiger partial charge is 0.388 e. The number of rotatable bonds is 3. The predicted molar refractivity (Wildman–Crippen MR) is 67.0 cm³/mol. The Balaban J connectivity index is 2.23. The second kappa shape index (κ2) is 5.38. The van der Waals surface area contributed by atoms with Gasteiger partial charge in [-0.2, -0.15) is 0 Å². The first kappa shape index (κ1) is 12.2. The van der Waals surface area contributed by atoms with Crippen LogP contribution in [0.3, 0.4) is 0 Å². The van der Waals surface area contributed by atoms with Crippen molar-refractivity contribution in [3.8, 4) is 0 Å². The zero-order chi connectivity index (χ0) is 12.3. The molecule has 0 amide bonds. The van der Waals surface area contributed by atoms with Crippen molar-refractivity contribution >= 4 is 15.9 Å². The molecule has 0 saturated heterocycles. The van der Waals surface area contributed by atoms with Crippen molar-refractivity contribution in [2.45, 2.75) is 12.5 Å². The van der Waals surface area contributed by atoms with Gasteiger partial charge in [0.25, 0.3) is 0 Å². The lowest BCUT2D eigenvalue weighted by atomic mass is 10.0. The number of halogens is 2. The van der Waals surface area contributed by atoms with Gasteiger partial charge in [-0.05, 0) is 24.3 Å². The Bertz CT molecular complexity index is 484. The third-order valence-electron chi connectivity index (χ3n) is 2.46. The minimum Gasteiger partial charge on any atom is -0.388 e. The van der Waals surface area contributed by atoms with E-state index in [1.54, 1.807) is 30.5 Å². The van der Waals surface area contributed by atoms with Gasteiger partial charge < -0.3 is 5.11 Å². The van der Waals surface area contributed by atoms with Crippen LogP contribution in [0.25, 0.3) is 0 Å². The highest BCUT2D eigenvalue weighted by atomic mass is 79.9. The Morgan fingerprint density at radius 2 is 2.06 bits per heavy atom. The van der Waals surface area contributed by atoms with Crippen LogP contribution in [-0.4, -0.2) is 10.1 Å². The molecular weight excluding hydrogens is 285 g/mol. The summed E-state index contributed by atoms with van der Waals surface area (Å²) in [5.41, 5.74) is 1.01. The summed E-state index contributed by atoms with van der Waals surface area (Å²) in [6.07, 6.45) is 1.04. The minimum atomic E-state index is -0.902. The Hall–Kier alpha value is -1.26. The van der Waals surface area contributed by atoms with Crippen LogP contribution >= 0.6 is 15.9 Å². The number of hydrogen-bond donors (Lipinski definition) is 1. The SMILES string of the molecule is OC(Cc1ccccn1)c1c(F)cccc1Br. The van der Waals surface area contributed by atoms with Crippen molar-refractivity contribution in [1.82, 2.24) is 4.98 Å². The summed E-state index contributed by atoms with van der Waals surface area (Å²) in [4.78, 5) is 4.11. The molecule has 1 heterocycles. The minimum absolute atomic E-state index is 0.276. The molecule has 4 heteroatoms. The van der Waals surface area contributed by atoms with Crippen LogP contribution in [0.1, 0.15) is 17.4 Å². The second-order valence-electron chi connectivity index (χ2n) is 3.68. The zero-order valence-electron chi connectivity index (χ0n) is 8.98. The monoisotopic (exact) mass is 295 g/mol. The van der Waals surface area contributed by atoms with E-state index in [4.69, 9.17) is 0 Å². The fourth-order valence-electron chi connectivity index (χ4n) is 1.65. The molecule has 17 heavy (non-hydrogen) atoms. The third kappa shape index (κ3) is 2.90. The van der Waals surface area contributed by atoms with E-state index in [1.165, 1.54) is 6.07 Å². The van der Waals surface area contributed by atoms with E-state index in [0.29, 0.717) is 10.9 Å². The highest BCUT2D eigenvalue weighted by Gasteiger charge is 2.16. The average Bonchev–Trinajstić information content (AvgIpc) is 2.30. The molecular formula is C13H11BrFNO. The number of nitrogens with zero attached hydrogens (tertiary/aromatic N) is 1. The van der Waals surface area contributed by atoms with E-state index in [2.05, 4.69) is 20.9 Å². The maximum atomic E-state index is 13.6. The number of aliphatic hydroxyl groups excluding tert-OH is 1. The van der Waals surface area contributed by atoms with Gasteiger partial charge in [0, 0.05) is 28.3 Å². The number of aromatic nitrogens is 1. The van der Waals surface area contributed by atoms with Crippen molar-refractivity contribution in [3.05, 3.63) is 64.1 Å². The van der Waals surface area contributed by atoms with Crippen LogP contribution in [0.4, 0.5) is 4.39 Å². The van der Waals surface area contributed by atoms with E-state index < -0.39 is 11.9 Å². The summed E-state index contributed by atoms with van der Waals surface area (Å²) in [7, 11) is 0. The molecule has 0 aliphatic carbocycles. The van der Waals surface area contributed by atoms with Gasteiger partial charge in [-0.1, -0.05) is 28.1 Å². The van der Waals surface area contributed by atoms with Crippen LogP contribution in [-0.2, 0) is 6.42 Å². The van der Waals surface area contributed by atoms with Gasteiger partial charge in [-0.25, -0.2) is 4.39 Å². The molecule has 0 radical (unpaired) electrons. The number of hydrogen-bond acceptors (Lipinski definition) is 2. The molecule has 0 bridgehead atoms. The van der Waals surface area contributed by atoms with E-state index in [1.807, 2.05) is 6.07 Å². The van der Waals surface area contributed by atoms with Gasteiger partial charge in [0.1, 0.15) is 5.82 Å². The Morgan fingerprint density at radius 1 is 1.24 bits per heavy atom. The molecule has 2 aromatic rings. The molecule has 2 nitrogen and oxygen atoms in total. The smallest absolute Gasteiger partial charge is 0.130 e. The lowest BCUT2D eigenvalue weighted by molar-refractivity contribution is 0.171. The molecule has 2 rings (SSSR count). The molecule has 0 spiro atoms. The van der Waals surface area contributed by atoms with Crippen molar-refractivity contribution in [1.29, 1.82) is 0 Å². The first-order valence-electron chi connectivity index (χ1n) is 5.20. The van der Waals surface area contributed by atoms with Crippen molar-refractivity contribution in [2.24, 2.45) is 0 Å². The number of benzene rings is 1. The molecule has 0 saturated carbocycles. The van der Waals surface area contributed by atoms with Crippen molar-refractivity contribution < 1.29 is 9.50 Å². The molecule has 1 aromatic heterocycles. The molecule has 1 N–H and O–H groups in total. The van der Waals surface area contributed by atoms with E-state index in [9.17, 15) is 9.50 Å². The van der Waals surface area contributed by atoms with E-state index in [-0.39, 0.29) is 5.56 Å². The Morgan fingerprint density at radius 3 is 2.71 bits per heavy atom. The van der Waals surface area contributed by atoms with Crippen LogP contribution in [0.2, 0.25) is 0 Å². The van der Waals surface area contributed by atoms with Gasteiger partial charge in [0.2, 0.25) is 0 Å². The van der Waals surface area contributed by atoms with Gasteiger partial charge in [0.05, 0.1) is 6.10 Å². The summed E-state index contributed by atoms with van der Waals surface area (Å²) in [6.45, 7) is 0. The lowest BCUT2D eigenvalue weighted by Gasteiger charge is -2.13. The maximum Gasteiger partial charge on any atom is 0.130 e. The van der Waals surface area contributed by atoms with Crippen molar-refractivity contribution in [2.75, 3.05) is 0 Å². The summed E-state index contributed by atoms with van der Waals surface area (Å²) in [6, 6.07) is 10.1. The van der Waals surface area contributed by atoms with Gasteiger partial charge in [-0.15, -0.1) is 0 Å². The molecule has 1 aromatic carbocycles. The lowest BCUT2D eigenvalue weighted by Crippen LogP contribution is -2.06. The van der Waals surface area contributed by atoms with Gasteiger partial charge in [0.15, 0.2) is 0 Å². The fourth-order valence-corrected chi connectivity index (χ4v) is 2.25. The van der Waals surface area contributed by atoms with Crippen LogP contribution in [0, 0.1) is 5.82 Å². The number of pyridine rings is 1. The van der Waals surface area contributed by atoms with Gasteiger partial charge >= 0.3 is 0 Å². The fraction of sp³-hybridized carbons (Fsp3) is 0.154. The molecule has 1 atom stereocenters. The van der Waals surface area contributed by atoms with Crippen molar-refractivity contribution in [3.63, 3.8) is 0 Å². The summed E-state index contributed by atoms with van der Waals surface area (Å²) in [5.74, 6) is -0.414. The third-order valence-corrected chi connectivity index (χ3v) is 3.15. The molecule has 0 aliphatic rings. The number of aliphatic hydroxyl groups is 1. The molecule has 0 aliphatic heterocycles. The first-order chi connectivity index (χ1) is 8.18. The first-order valence-corrected chi connectivity index (χ1v) is 5.99. The normalized spacial score (nSPS) is 12.4. The molecule has 1 unspecified atom stereocenters. The van der Waals surface area contributed by atoms with E-state index in [0.717, 1.165) is 5.69 Å². The average molecular weight is 296 g/mol. The quantitative estimate of drug-likeness (QED) is 0.943. The van der Waals surface area contributed by atoms with E-state index >= 15 is 0 Å². The van der Waals surface area contributed by atoms with Gasteiger partial charge in [-0.3, -0.25) is 4.98 Å². The van der Waals surface area contributed by atoms with Crippen LogP contribution in [0.5, 0.6) is 0 Å². The predicted octanol–water partition coefficient (Wildman–Crippen LogP) is 3.26. The highest BCUT2D eigenvalue weighted by Crippen LogP contribution is 2.28. The molecule has 0 fully saturated rings. The summed E-state index contributed by atoms with van der Waals surface area (Å²) < 4.78 is 14.2. The van der Waals surface area contributed by atoms with Crippen LogP contribution in [0.15, 0.2) is 47.1 Å². The van der Waals surface area contributed by atoms with Crippen LogP contribution < -0.4 is 0 Å². The standard InChI is InChI=1S/C13H11BrFNO/c14-10-5-3-6-11(15)13(10)12(17)8-9-4-1-2-7-16-9/h1-7,12,17H,8H2.